The largest absolute Gasteiger partial charge is 0.379 e. The Morgan fingerprint density at radius 2 is 2.15 bits per heavy atom. The van der Waals surface area contributed by atoms with Crippen LogP contribution >= 0.6 is 23.4 Å². The van der Waals surface area contributed by atoms with Gasteiger partial charge in [0.25, 0.3) is 0 Å². The molecule has 26 heavy (non-hydrogen) atoms. The smallest absolute Gasteiger partial charge is 0.230 e. The lowest BCUT2D eigenvalue weighted by molar-refractivity contribution is -0.118. The fourth-order valence-corrected chi connectivity index (χ4v) is 4.24. The molecule has 1 heterocycles. The number of hydrogen-bond donors (Lipinski definition) is 1. The van der Waals surface area contributed by atoms with Crippen LogP contribution in [0, 0.1) is 0 Å². The molecule has 0 spiro atoms. The summed E-state index contributed by atoms with van der Waals surface area (Å²) in [4.78, 5) is 13.1. The lowest BCUT2D eigenvalue weighted by atomic mass is 10.1. The molecule has 2 aromatic rings. The second-order valence-corrected chi connectivity index (χ2v) is 7.72. The fraction of sp³-hybridized carbons (Fsp3) is 0.450. The van der Waals surface area contributed by atoms with Crippen LogP contribution in [0.4, 0.5) is 0 Å². The van der Waals surface area contributed by atoms with Gasteiger partial charge in [0.2, 0.25) is 5.91 Å². The number of benzene rings is 2. The summed E-state index contributed by atoms with van der Waals surface area (Å²) < 4.78 is 11.1. The van der Waals surface area contributed by atoms with Gasteiger partial charge in [0.05, 0.1) is 18.5 Å². The van der Waals surface area contributed by atoms with Crippen molar-refractivity contribution < 1.29 is 14.3 Å². The van der Waals surface area contributed by atoms with E-state index in [0.717, 1.165) is 46.6 Å². The number of rotatable bonds is 9. The number of thioether (sulfide) groups is 1. The molecule has 0 aliphatic carbocycles. The first-order valence-electron chi connectivity index (χ1n) is 9.00. The van der Waals surface area contributed by atoms with Crippen molar-refractivity contribution >= 4 is 40.0 Å². The molecule has 0 radical (unpaired) electrons. The van der Waals surface area contributed by atoms with E-state index in [0.29, 0.717) is 25.5 Å². The lowest BCUT2D eigenvalue weighted by Gasteiger charge is -2.10. The molecule has 0 bridgehead atoms. The Hall–Kier alpha value is -1.27. The van der Waals surface area contributed by atoms with Crippen molar-refractivity contribution in [2.24, 2.45) is 0 Å². The monoisotopic (exact) mass is 393 g/mol. The number of amides is 1. The summed E-state index contributed by atoms with van der Waals surface area (Å²) in [7, 11) is 0. The molecule has 1 N–H and O–H groups in total. The Morgan fingerprint density at radius 1 is 1.31 bits per heavy atom. The fourth-order valence-electron chi connectivity index (χ4n) is 2.97. The Bertz CT molecular complexity index is 729. The normalized spacial score (nSPS) is 16.9. The number of halogens is 1. The van der Waals surface area contributed by atoms with E-state index < -0.39 is 0 Å². The molecule has 2 aromatic carbocycles. The quantitative estimate of drug-likeness (QED) is 0.510. The van der Waals surface area contributed by atoms with Crippen LogP contribution in [0.15, 0.2) is 41.3 Å². The molecule has 1 atom stereocenters. The number of nitrogens with one attached hydrogen (secondary N) is 1. The highest BCUT2D eigenvalue weighted by molar-refractivity contribution is 8.00. The van der Waals surface area contributed by atoms with Crippen molar-refractivity contribution in [3.05, 3.63) is 41.4 Å². The van der Waals surface area contributed by atoms with Gasteiger partial charge in [-0.15, -0.1) is 11.8 Å². The highest BCUT2D eigenvalue weighted by atomic mass is 35.5. The molecule has 1 fully saturated rings. The molecule has 6 heteroatoms. The van der Waals surface area contributed by atoms with E-state index in [9.17, 15) is 4.79 Å². The number of fused-ring (bicyclic) bond motifs is 1. The van der Waals surface area contributed by atoms with Gasteiger partial charge in [0.1, 0.15) is 0 Å². The van der Waals surface area contributed by atoms with Gasteiger partial charge in [-0.05, 0) is 36.8 Å². The van der Waals surface area contributed by atoms with E-state index in [2.05, 4.69) is 5.32 Å². The van der Waals surface area contributed by atoms with E-state index in [-0.39, 0.29) is 12.0 Å². The maximum Gasteiger partial charge on any atom is 0.230 e. The minimum atomic E-state index is 0.0261. The third-order valence-electron chi connectivity index (χ3n) is 4.29. The molecule has 1 amide bonds. The zero-order chi connectivity index (χ0) is 18.2. The summed E-state index contributed by atoms with van der Waals surface area (Å²) in [5.41, 5.74) is 0. The first-order valence-corrected chi connectivity index (χ1v) is 10.4. The summed E-state index contributed by atoms with van der Waals surface area (Å²) in [5.74, 6) is 0.402. The van der Waals surface area contributed by atoms with Crippen LogP contribution in [0.3, 0.4) is 0 Å². The average molecular weight is 394 g/mol. The maximum absolute atomic E-state index is 12.1. The van der Waals surface area contributed by atoms with Gasteiger partial charge in [-0.25, -0.2) is 0 Å². The van der Waals surface area contributed by atoms with Crippen molar-refractivity contribution in [2.75, 3.05) is 32.1 Å². The zero-order valence-electron chi connectivity index (χ0n) is 14.7. The second-order valence-electron chi connectivity index (χ2n) is 6.30. The predicted molar refractivity (Wildman–Crippen MR) is 107 cm³/mol. The van der Waals surface area contributed by atoms with E-state index >= 15 is 0 Å². The highest BCUT2D eigenvalue weighted by Gasteiger charge is 2.15. The van der Waals surface area contributed by atoms with Crippen molar-refractivity contribution in [1.29, 1.82) is 0 Å². The topological polar surface area (TPSA) is 47.6 Å². The zero-order valence-corrected chi connectivity index (χ0v) is 16.3. The molecule has 0 saturated carbocycles. The molecular weight excluding hydrogens is 370 g/mol. The maximum atomic E-state index is 12.1. The number of ether oxygens (including phenoxy) is 2. The van der Waals surface area contributed by atoms with Gasteiger partial charge in [-0.1, -0.05) is 35.9 Å². The molecule has 3 rings (SSSR count). The Kier molecular flexibility index (Phi) is 7.62. The van der Waals surface area contributed by atoms with Crippen molar-refractivity contribution in [1.82, 2.24) is 5.32 Å². The van der Waals surface area contributed by atoms with Gasteiger partial charge < -0.3 is 14.8 Å². The molecule has 4 nitrogen and oxygen atoms in total. The van der Waals surface area contributed by atoms with Crippen LogP contribution in [0.5, 0.6) is 0 Å². The van der Waals surface area contributed by atoms with Crippen LogP contribution in [-0.2, 0) is 14.3 Å². The minimum absolute atomic E-state index is 0.0261. The van der Waals surface area contributed by atoms with Crippen molar-refractivity contribution in [3.8, 4) is 0 Å². The van der Waals surface area contributed by atoms with Crippen LogP contribution in [-0.4, -0.2) is 44.1 Å². The molecule has 1 saturated heterocycles. The minimum Gasteiger partial charge on any atom is -0.379 e. The van der Waals surface area contributed by atoms with Crippen molar-refractivity contribution in [2.45, 2.75) is 30.3 Å². The average Bonchev–Trinajstić information content (AvgIpc) is 3.16. The first-order chi connectivity index (χ1) is 12.7. The van der Waals surface area contributed by atoms with Crippen LogP contribution < -0.4 is 5.32 Å². The van der Waals surface area contributed by atoms with Gasteiger partial charge in [0, 0.05) is 35.1 Å². The SMILES string of the molecule is O=C(CSc1cccc2cccc(Cl)c12)NCCCOCC1CCCO1. The molecule has 1 unspecified atom stereocenters. The summed E-state index contributed by atoms with van der Waals surface area (Å²) in [5, 5.41) is 5.76. The van der Waals surface area contributed by atoms with Crippen LogP contribution in [0.2, 0.25) is 5.02 Å². The van der Waals surface area contributed by atoms with Crippen molar-refractivity contribution in [3.63, 3.8) is 0 Å². The van der Waals surface area contributed by atoms with Gasteiger partial charge in [-0.2, -0.15) is 0 Å². The molecular formula is C20H24ClNO3S. The molecule has 1 aliphatic rings. The second kappa shape index (κ2) is 10.2. The Balaban J connectivity index is 1.35. The highest BCUT2D eigenvalue weighted by Crippen LogP contribution is 2.33. The standard InChI is InChI=1S/C20H24ClNO3S/c21-17-8-1-5-15-6-2-9-18(20(15)17)26-14-19(23)22-10-4-11-24-13-16-7-3-12-25-16/h1-2,5-6,8-9,16H,3-4,7,10-14H2,(H,22,23). The summed E-state index contributed by atoms with van der Waals surface area (Å²) in [6.45, 7) is 2.78. The van der Waals surface area contributed by atoms with E-state index in [4.69, 9.17) is 21.1 Å². The third-order valence-corrected chi connectivity index (χ3v) is 5.66. The Labute approximate surface area is 163 Å². The third kappa shape index (κ3) is 5.61. The summed E-state index contributed by atoms with van der Waals surface area (Å²) >= 11 is 7.83. The summed E-state index contributed by atoms with van der Waals surface area (Å²) in [6, 6.07) is 11.9. The first kappa shape index (κ1) is 19.5. The van der Waals surface area contributed by atoms with E-state index in [1.165, 1.54) is 11.8 Å². The predicted octanol–water partition coefficient (Wildman–Crippen LogP) is 4.29. The van der Waals surface area contributed by atoms with E-state index in [1.54, 1.807) is 0 Å². The van der Waals surface area contributed by atoms with Gasteiger partial charge >= 0.3 is 0 Å². The number of carbonyl (C=O) groups is 1. The van der Waals surface area contributed by atoms with Gasteiger partial charge in [-0.3, -0.25) is 4.79 Å². The molecule has 1 aliphatic heterocycles. The Morgan fingerprint density at radius 3 is 2.96 bits per heavy atom. The van der Waals surface area contributed by atoms with Gasteiger partial charge in [0.15, 0.2) is 0 Å². The van der Waals surface area contributed by atoms with Crippen LogP contribution in [0.1, 0.15) is 19.3 Å². The van der Waals surface area contributed by atoms with E-state index in [1.807, 2.05) is 36.4 Å². The molecule has 140 valence electrons. The number of carbonyl (C=O) groups excluding carboxylic acids is 1. The summed E-state index contributed by atoms with van der Waals surface area (Å²) in [6.07, 6.45) is 3.28. The molecule has 0 aromatic heterocycles. The lowest BCUT2D eigenvalue weighted by Crippen LogP contribution is -2.27. The number of hydrogen-bond acceptors (Lipinski definition) is 4. The van der Waals surface area contributed by atoms with Crippen LogP contribution in [0.25, 0.3) is 10.8 Å².